The molecule has 0 saturated carbocycles. The van der Waals surface area contributed by atoms with Crippen LogP contribution in [0.1, 0.15) is 57.3 Å². The SMILES string of the molecule is CCC[C@@H]1CCc2c(sc(NC(=O)c3c(F)c(F)c(F)c(F)c3F)c2C(N)=O)C1. The maximum absolute atomic E-state index is 13.9. The lowest BCUT2D eigenvalue weighted by molar-refractivity contribution is 0.1000. The van der Waals surface area contributed by atoms with E-state index >= 15 is 0 Å². The second-order valence-corrected chi connectivity index (χ2v) is 7.97. The van der Waals surface area contributed by atoms with Crippen LogP contribution in [0.3, 0.4) is 0 Å². The van der Waals surface area contributed by atoms with E-state index in [1.54, 1.807) is 0 Å². The van der Waals surface area contributed by atoms with Crippen LogP contribution in [0.4, 0.5) is 27.0 Å². The zero-order valence-electron chi connectivity index (χ0n) is 15.3. The first-order chi connectivity index (χ1) is 13.7. The van der Waals surface area contributed by atoms with Crippen molar-refractivity contribution >= 4 is 28.2 Å². The van der Waals surface area contributed by atoms with Crippen molar-refractivity contribution in [1.29, 1.82) is 0 Å². The van der Waals surface area contributed by atoms with Crippen LogP contribution in [0.2, 0.25) is 0 Å². The first-order valence-electron chi connectivity index (χ1n) is 8.94. The number of nitrogens with two attached hydrogens (primary N) is 1. The van der Waals surface area contributed by atoms with E-state index < -0.39 is 46.5 Å². The summed E-state index contributed by atoms with van der Waals surface area (Å²) in [4.78, 5) is 25.1. The van der Waals surface area contributed by atoms with Crippen molar-refractivity contribution in [2.45, 2.75) is 39.0 Å². The lowest BCUT2D eigenvalue weighted by atomic mass is 9.84. The first-order valence-corrected chi connectivity index (χ1v) is 9.76. The Morgan fingerprint density at radius 2 is 1.62 bits per heavy atom. The van der Waals surface area contributed by atoms with Gasteiger partial charge in [0.25, 0.3) is 11.8 Å². The van der Waals surface area contributed by atoms with Gasteiger partial charge in [-0.25, -0.2) is 22.0 Å². The van der Waals surface area contributed by atoms with Crippen LogP contribution in [-0.2, 0) is 12.8 Å². The quantitative estimate of drug-likeness (QED) is 0.408. The number of fused-ring (bicyclic) bond motifs is 1. The standard InChI is InChI=1S/C19H17F5N2O2S/c1-2-3-7-4-5-8-9(6-7)29-19(10(8)17(25)27)26-18(28)11-12(20)14(22)16(24)15(23)13(11)21/h7H,2-6H2,1H3,(H2,25,27)(H,26,28)/t7-/m1/s1. The Morgan fingerprint density at radius 3 is 2.17 bits per heavy atom. The van der Waals surface area contributed by atoms with Crippen LogP contribution < -0.4 is 11.1 Å². The third kappa shape index (κ3) is 3.73. The summed E-state index contributed by atoms with van der Waals surface area (Å²) in [7, 11) is 0. The summed E-state index contributed by atoms with van der Waals surface area (Å²) >= 11 is 1.03. The van der Waals surface area contributed by atoms with Gasteiger partial charge in [0.2, 0.25) is 5.82 Å². The molecule has 10 heteroatoms. The van der Waals surface area contributed by atoms with Gasteiger partial charge < -0.3 is 11.1 Å². The number of anilines is 1. The molecule has 1 aromatic heterocycles. The first kappa shape index (κ1) is 21.2. The van der Waals surface area contributed by atoms with E-state index in [2.05, 4.69) is 12.2 Å². The molecule has 1 aliphatic carbocycles. The summed E-state index contributed by atoms with van der Waals surface area (Å²) < 4.78 is 67.8. The monoisotopic (exact) mass is 432 g/mol. The lowest BCUT2D eigenvalue weighted by Crippen LogP contribution is -2.22. The molecule has 0 saturated heterocycles. The van der Waals surface area contributed by atoms with E-state index in [-0.39, 0.29) is 10.6 Å². The summed E-state index contributed by atoms with van der Waals surface area (Å²) in [6, 6.07) is 0. The van der Waals surface area contributed by atoms with Gasteiger partial charge in [0.1, 0.15) is 10.6 Å². The van der Waals surface area contributed by atoms with Crippen LogP contribution in [0.5, 0.6) is 0 Å². The number of amides is 2. The highest BCUT2D eigenvalue weighted by atomic mass is 32.1. The molecule has 3 N–H and O–H groups in total. The van der Waals surface area contributed by atoms with Crippen molar-refractivity contribution in [1.82, 2.24) is 0 Å². The number of hydrogen-bond donors (Lipinski definition) is 2. The van der Waals surface area contributed by atoms with Crippen LogP contribution in [-0.4, -0.2) is 11.8 Å². The number of halogens is 5. The van der Waals surface area contributed by atoms with Gasteiger partial charge >= 0.3 is 0 Å². The lowest BCUT2D eigenvalue weighted by Gasteiger charge is -2.21. The van der Waals surface area contributed by atoms with E-state index in [0.29, 0.717) is 24.3 Å². The Morgan fingerprint density at radius 1 is 1.03 bits per heavy atom. The van der Waals surface area contributed by atoms with Crippen molar-refractivity contribution in [3.8, 4) is 0 Å². The Balaban J connectivity index is 2.00. The highest BCUT2D eigenvalue weighted by Crippen LogP contribution is 2.41. The third-order valence-corrected chi connectivity index (χ3v) is 6.14. The number of primary amides is 1. The number of carbonyl (C=O) groups excluding carboxylic acids is 2. The fourth-order valence-corrected chi connectivity index (χ4v) is 4.99. The molecule has 1 aliphatic rings. The number of hydrogen-bond acceptors (Lipinski definition) is 3. The van der Waals surface area contributed by atoms with Gasteiger partial charge in [0.15, 0.2) is 23.3 Å². The number of nitrogens with one attached hydrogen (secondary N) is 1. The molecular formula is C19H17F5N2O2S. The smallest absolute Gasteiger partial charge is 0.262 e. The second kappa shape index (κ2) is 8.10. The minimum Gasteiger partial charge on any atom is -0.365 e. The molecule has 156 valence electrons. The summed E-state index contributed by atoms with van der Waals surface area (Å²) in [6.45, 7) is 2.05. The molecule has 29 heavy (non-hydrogen) atoms. The number of thiophene rings is 1. The molecule has 0 aliphatic heterocycles. The van der Waals surface area contributed by atoms with Crippen LogP contribution >= 0.6 is 11.3 Å². The van der Waals surface area contributed by atoms with Gasteiger partial charge in [-0.15, -0.1) is 11.3 Å². The Hall–Kier alpha value is -2.49. The van der Waals surface area contributed by atoms with Gasteiger partial charge in [-0.1, -0.05) is 19.8 Å². The molecule has 2 aromatic rings. The van der Waals surface area contributed by atoms with Crippen LogP contribution in [0.25, 0.3) is 0 Å². The Labute approximate surface area is 166 Å². The molecule has 4 nitrogen and oxygen atoms in total. The molecule has 1 heterocycles. The van der Waals surface area contributed by atoms with Crippen molar-refractivity contribution in [3.63, 3.8) is 0 Å². The van der Waals surface area contributed by atoms with Crippen molar-refractivity contribution < 1.29 is 31.5 Å². The second-order valence-electron chi connectivity index (χ2n) is 6.87. The molecule has 0 spiro atoms. The maximum Gasteiger partial charge on any atom is 0.262 e. The normalized spacial score (nSPS) is 15.9. The molecular weight excluding hydrogens is 415 g/mol. The average Bonchev–Trinajstić information content (AvgIpc) is 3.02. The minimum absolute atomic E-state index is 0.0113. The molecule has 3 rings (SSSR count). The maximum atomic E-state index is 13.9. The average molecular weight is 432 g/mol. The largest absolute Gasteiger partial charge is 0.365 e. The van der Waals surface area contributed by atoms with Crippen molar-refractivity contribution in [2.24, 2.45) is 11.7 Å². The molecule has 0 radical (unpaired) electrons. The predicted molar refractivity (Wildman–Crippen MR) is 97.4 cm³/mol. The van der Waals surface area contributed by atoms with E-state index in [1.165, 1.54) is 0 Å². The van der Waals surface area contributed by atoms with E-state index in [4.69, 9.17) is 5.73 Å². The highest BCUT2D eigenvalue weighted by molar-refractivity contribution is 7.17. The predicted octanol–water partition coefficient (Wildman–Crippen LogP) is 4.70. The van der Waals surface area contributed by atoms with Gasteiger partial charge in [-0.2, -0.15) is 0 Å². The number of benzene rings is 1. The third-order valence-electron chi connectivity index (χ3n) is 4.97. The summed E-state index contributed by atoms with van der Waals surface area (Å²) in [5, 5.41) is 2.05. The van der Waals surface area contributed by atoms with Crippen LogP contribution in [0, 0.1) is 35.0 Å². The molecule has 0 fully saturated rings. The van der Waals surface area contributed by atoms with E-state index in [0.717, 1.165) is 35.5 Å². The van der Waals surface area contributed by atoms with Gasteiger partial charge in [0, 0.05) is 4.88 Å². The van der Waals surface area contributed by atoms with Crippen molar-refractivity contribution in [2.75, 3.05) is 5.32 Å². The number of rotatable bonds is 5. The highest BCUT2D eigenvalue weighted by Gasteiger charge is 2.32. The topological polar surface area (TPSA) is 72.2 Å². The Kier molecular flexibility index (Phi) is 5.92. The minimum atomic E-state index is -2.36. The summed E-state index contributed by atoms with van der Waals surface area (Å²) in [5.41, 5.74) is 4.47. The molecule has 2 amide bonds. The van der Waals surface area contributed by atoms with Gasteiger partial charge in [0.05, 0.1) is 5.56 Å². The molecule has 0 unspecified atom stereocenters. The summed E-state index contributed by atoms with van der Waals surface area (Å²) in [5.74, 6) is -13.3. The van der Waals surface area contributed by atoms with Crippen LogP contribution in [0.15, 0.2) is 0 Å². The Bertz CT molecular complexity index is 976. The van der Waals surface area contributed by atoms with E-state index in [1.807, 2.05) is 0 Å². The van der Waals surface area contributed by atoms with Gasteiger partial charge in [-0.05, 0) is 30.7 Å². The molecule has 1 atom stereocenters. The van der Waals surface area contributed by atoms with Crippen molar-refractivity contribution in [3.05, 3.63) is 50.7 Å². The zero-order chi connectivity index (χ0) is 21.5. The van der Waals surface area contributed by atoms with Gasteiger partial charge in [-0.3, -0.25) is 9.59 Å². The molecule has 0 bridgehead atoms. The fraction of sp³-hybridized carbons (Fsp3) is 0.368. The number of carbonyl (C=O) groups is 2. The zero-order valence-corrected chi connectivity index (χ0v) is 16.1. The fourth-order valence-electron chi connectivity index (χ4n) is 3.63. The van der Waals surface area contributed by atoms with E-state index in [9.17, 15) is 31.5 Å². The molecule has 1 aromatic carbocycles. The summed E-state index contributed by atoms with van der Waals surface area (Å²) in [6.07, 6.45) is 4.00.